The molecule has 0 unspecified atom stereocenters. The Labute approximate surface area is 131 Å². The highest BCUT2D eigenvalue weighted by Gasteiger charge is 2.20. The van der Waals surface area contributed by atoms with Gasteiger partial charge in [-0.15, -0.1) is 0 Å². The quantitative estimate of drug-likeness (QED) is 0.622. The van der Waals surface area contributed by atoms with Crippen LogP contribution in [0.25, 0.3) is 11.0 Å². The Morgan fingerprint density at radius 1 is 1.39 bits per heavy atom. The van der Waals surface area contributed by atoms with E-state index in [2.05, 4.69) is 0 Å². The van der Waals surface area contributed by atoms with E-state index >= 15 is 0 Å². The summed E-state index contributed by atoms with van der Waals surface area (Å²) >= 11 is 0. The average molecular weight is 320 g/mol. The second kappa shape index (κ2) is 6.87. The first-order valence-corrected chi connectivity index (χ1v) is 6.94. The van der Waals surface area contributed by atoms with Crippen molar-refractivity contribution < 1.29 is 28.9 Å². The molecule has 0 spiro atoms. The first kappa shape index (κ1) is 16.4. The number of aromatic hydroxyl groups is 1. The van der Waals surface area contributed by atoms with Crippen LogP contribution in [0, 0.1) is 0 Å². The van der Waals surface area contributed by atoms with Crippen molar-refractivity contribution in [2.24, 2.45) is 0 Å². The monoisotopic (exact) mass is 320 g/mol. The third-order valence-corrected chi connectivity index (χ3v) is 3.08. The molecule has 122 valence electrons. The summed E-state index contributed by atoms with van der Waals surface area (Å²) in [6.45, 7) is 2.97. The molecular weight excluding hydrogens is 304 g/mol. The summed E-state index contributed by atoms with van der Waals surface area (Å²) in [6.07, 6.45) is 2.18. The predicted octanol–water partition coefficient (Wildman–Crippen LogP) is 2.65. The van der Waals surface area contributed by atoms with Crippen molar-refractivity contribution in [3.63, 3.8) is 0 Å². The van der Waals surface area contributed by atoms with Crippen molar-refractivity contribution in [1.82, 2.24) is 0 Å². The summed E-state index contributed by atoms with van der Waals surface area (Å²) in [6, 6.07) is 4.45. The van der Waals surface area contributed by atoms with Crippen molar-refractivity contribution in [1.29, 1.82) is 0 Å². The van der Waals surface area contributed by atoms with Gasteiger partial charge in [-0.05, 0) is 25.1 Å². The van der Waals surface area contributed by atoms with Gasteiger partial charge in [0.05, 0.1) is 0 Å². The van der Waals surface area contributed by atoms with E-state index in [-0.39, 0.29) is 22.5 Å². The summed E-state index contributed by atoms with van der Waals surface area (Å²) in [4.78, 5) is 22.6. The Kier molecular flexibility index (Phi) is 4.90. The molecule has 1 aromatic carbocycles. The van der Waals surface area contributed by atoms with E-state index in [0.29, 0.717) is 12.2 Å². The van der Waals surface area contributed by atoms with Gasteiger partial charge in [-0.2, -0.15) is 0 Å². The van der Waals surface area contributed by atoms with Gasteiger partial charge >= 0.3 is 11.6 Å². The van der Waals surface area contributed by atoms with Crippen LogP contribution in [0.4, 0.5) is 0 Å². The van der Waals surface area contributed by atoms with Crippen molar-refractivity contribution in [3.05, 3.63) is 40.5 Å². The molecule has 0 fully saturated rings. The maximum absolute atomic E-state index is 12.0. The van der Waals surface area contributed by atoms with Gasteiger partial charge < -0.3 is 24.1 Å². The van der Waals surface area contributed by atoms with Crippen molar-refractivity contribution in [2.45, 2.75) is 20.3 Å². The van der Waals surface area contributed by atoms with E-state index in [4.69, 9.17) is 19.0 Å². The first-order chi connectivity index (χ1) is 11.0. The van der Waals surface area contributed by atoms with E-state index in [0.717, 1.165) is 0 Å². The molecular formula is C16H16O7. The number of carboxylic acid groups (broad SMARTS) is 1. The number of ether oxygens (including phenoxy) is 2. The van der Waals surface area contributed by atoms with Gasteiger partial charge in [0.15, 0.2) is 12.4 Å². The minimum atomic E-state index is -1.17. The van der Waals surface area contributed by atoms with Crippen LogP contribution in [-0.2, 0) is 4.79 Å². The smallest absolute Gasteiger partial charge is 0.383 e. The highest BCUT2D eigenvalue weighted by atomic mass is 16.5. The molecule has 0 radical (unpaired) electrons. The first-order valence-electron chi connectivity index (χ1n) is 6.94. The van der Waals surface area contributed by atoms with Crippen LogP contribution in [0.1, 0.15) is 20.3 Å². The van der Waals surface area contributed by atoms with E-state index in [1.165, 1.54) is 18.2 Å². The van der Waals surface area contributed by atoms with Crippen LogP contribution < -0.4 is 15.1 Å². The Morgan fingerprint density at radius 3 is 2.74 bits per heavy atom. The van der Waals surface area contributed by atoms with E-state index in [1.54, 1.807) is 13.0 Å². The topological polar surface area (TPSA) is 106 Å². The molecule has 2 N–H and O–H groups in total. The normalized spacial score (nSPS) is 11.5. The fraction of sp³-hybridized carbons (Fsp3) is 0.250. The average Bonchev–Trinajstić information content (AvgIpc) is 2.52. The molecule has 0 atom stereocenters. The molecule has 0 bridgehead atoms. The minimum absolute atomic E-state index is 0.0706. The van der Waals surface area contributed by atoms with Gasteiger partial charge in [0, 0.05) is 6.42 Å². The molecule has 1 aromatic heterocycles. The summed E-state index contributed by atoms with van der Waals surface area (Å²) in [7, 11) is 0. The highest BCUT2D eigenvalue weighted by molar-refractivity contribution is 5.91. The number of benzene rings is 1. The predicted molar refractivity (Wildman–Crippen MR) is 82.0 cm³/mol. The van der Waals surface area contributed by atoms with Crippen LogP contribution >= 0.6 is 0 Å². The maximum atomic E-state index is 12.0. The lowest BCUT2D eigenvalue weighted by Crippen LogP contribution is -2.11. The van der Waals surface area contributed by atoms with Crippen molar-refractivity contribution in [3.8, 4) is 17.2 Å². The van der Waals surface area contributed by atoms with Gasteiger partial charge in [-0.3, -0.25) is 0 Å². The van der Waals surface area contributed by atoms with Crippen LogP contribution in [-0.4, -0.2) is 22.8 Å². The lowest BCUT2D eigenvalue weighted by molar-refractivity contribution is -0.139. The number of aliphatic carboxylic acids is 1. The molecule has 0 saturated carbocycles. The molecule has 0 saturated heterocycles. The van der Waals surface area contributed by atoms with Gasteiger partial charge in [0.2, 0.25) is 0 Å². The van der Waals surface area contributed by atoms with Crippen LogP contribution in [0.2, 0.25) is 0 Å². The number of hydrogen-bond donors (Lipinski definition) is 2. The second-order valence-corrected chi connectivity index (χ2v) is 4.59. The van der Waals surface area contributed by atoms with Crippen LogP contribution in [0.5, 0.6) is 17.2 Å². The summed E-state index contributed by atoms with van der Waals surface area (Å²) in [5.74, 6) is -1.42. The standard InChI is InChI=1S/C16H16O7/c1-3-9(4-2)22-15-14(19)13-10(21-8-12(17)18)6-5-7-11(13)23-16(15)20/h3,5-7,19H,4,8H2,1-2H3,(H,17,18). The van der Waals surface area contributed by atoms with Gasteiger partial charge in [-0.1, -0.05) is 13.0 Å². The molecule has 7 heteroatoms. The summed E-state index contributed by atoms with van der Waals surface area (Å²) in [5, 5.41) is 19.2. The lowest BCUT2D eigenvalue weighted by Gasteiger charge is -2.12. The zero-order valence-electron chi connectivity index (χ0n) is 12.7. The fourth-order valence-corrected chi connectivity index (χ4v) is 2.00. The van der Waals surface area contributed by atoms with Crippen LogP contribution in [0.15, 0.2) is 39.2 Å². The Bertz CT molecular complexity index is 817. The number of carbonyl (C=O) groups is 1. The zero-order valence-corrected chi connectivity index (χ0v) is 12.7. The molecule has 0 aliphatic carbocycles. The fourth-order valence-electron chi connectivity index (χ4n) is 2.00. The molecule has 2 rings (SSSR count). The molecule has 2 aromatic rings. The molecule has 0 aliphatic heterocycles. The zero-order chi connectivity index (χ0) is 17.0. The third kappa shape index (κ3) is 3.45. The molecule has 7 nitrogen and oxygen atoms in total. The van der Waals surface area contributed by atoms with Gasteiger partial charge in [0.1, 0.15) is 22.5 Å². The van der Waals surface area contributed by atoms with Crippen LogP contribution in [0.3, 0.4) is 0 Å². The Hall–Kier alpha value is -2.96. The van der Waals surface area contributed by atoms with Crippen molar-refractivity contribution >= 4 is 16.9 Å². The maximum Gasteiger partial charge on any atom is 0.383 e. The van der Waals surface area contributed by atoms with E-state index in [1.807, 2.05) is 6.92 Å². The second-order valence-electron chi connectivity index (χ2n) is 4.59. The molecule has 0 aliphatic rings. The number of fused-ring (bicyclic) bond motifs is 1. The molecule has 23 heavy (non-hydrogen) atoms. The lowest BCUT2D eigenvalue weighted by atomic mass is 10.2. The number of rotatable bonds is 6. The highest BCUT2D eigenvalue weighted by Crippen LogP contribution is 2.38. The SMILES string of the molecule is CC=C(CC)Oc1c(O)c2c(OCC(=O)O)cccc2oc1=O. The largest absolute Gasteiger partial charge is 0.503 e. The van der Waals surface area contributed by atoms with E-state index < -0.39 is 24.0 Å². The Balaban J connectivity index is 2.60. The minimum Gasteiger partial charge on any atom is -0.503 e. The molecule has 0 amide bonds. The number of allylic oxidation sites excluding steroid dienone is 2. The van der Waals surface area contributed by atoms with Gasteiger partial charge in [0.25, 0.3) is 5.75 Å². The summed E-state index contributed by atoms with van der Waals surface area (Å²) in [5.41, 5.74) is -0.764. The third-order valence-electron chi connectivity index (χ3n) is 3.08. The number of hydrogen-bond acceptors (Lipinski definition) is 6. The van der Waals surface area contributed by atoms with Crippen molar-refractivity contribution in [2.75, 3.05) is 6.61 Å². The number of carboxylic acids is 1. The molecule has 1 heterocycles. The Morgan fingerprint density at radius 2 is 2.13 bits per heavy atom. The summed E-state index contributed by atoms with van der Waals surface area (Å²) < 4.78 is 15.6. The van der Waals surface area contributed by atoms with E-state index in [9.17, 15) is 14.7 Å². The van der Waals surface area contributed by atoms with Gasteiger partial charge in [-0.25, -0.2) is 9.59 Å².